The lowest BCUT2D eigenvalue weighted by Crippen LogP contribution is -2.40. The molecule has 0 fully saturated rings. The van der Waals surface area contributed by atoms with Crippen LogP contribution in [0.3, 0.4) is 0 Å². The van der Waals surface area contributed by atoms with Crippen LogP contribution in [0.15, 0.2) is 34.9 Å². The molecule has 2 rings (SSSR count). The number of aromatic nitrogens is 2. The Balaban J connectivity index is 2.16. The van der Waals surface area contributed by atoms with E-state index in [-0.39, 0.29) is 6.10 Å². The smallest absolute Gasteiger partial charge is 0.257 e. The highest BCUT2D eigenvalue weighted by Crippen LogP contribution is 2.21. The van der Waals surface area contributed by atoms with Gasteiger partial charge in [0.05, 0.1) is 12.7 Å². The SMILES string of the molecule is CC(C)OCC(C)(N)c1noc(-c2ccccc2)n1. The summed E-state index contributed by atoms with van der Waals surface area (Å²) in [6.07, 6.45) is 0.114. The molecule has 2 N–H and O–H groups in total. The predicted octanol–water partition coefficient (Wildman–Crippen LogP) is 2.34. The molecule has 0 amide bonds. The van der Waals surface area contributed by atoms with Crippen LogP contribution in [0.5, 0.6) is 0 Å². The molecular formula is C14H19N3O2. The van der Waals surface area contributed by atoms with Crippen LogP contribution in [0.25, 0.3) is 11.5 Å². The summed E-state index contributed by atoms with van der Waals surface area (Å²) in [5, 5.41) is 3.95. The van der Waals surface area contributed by atoms with Gasteiger partial charge in [-0.3, -0.25) is 0 Å². The van der Waals surface area contributed by atoms with Crippen molar-refractivity contribution in [2.24, 2.45) is 5.73 Å². The molecule has 2 aromatic rings. The summed E-state index contributed by atoms with van der Waals surface area (Å²) in [7, 11) is 0. The van der Waals surface area contributed by atoms with Gasteiger partial charge in [-0.05, 0) is 32.9 Å². The summed E-state index contributed by atoms with van der Waals surface area (Å²) < 4.78 is 10.8. The fourth-order valence-corrected chi connectivity index (χ4v) is 1.56. The zero-order valence-corrected chi connectivity index (χ0v) is 11.5. The van der Waals surface area contributed by atoms with Crippen LogP contribution in [0.1, 0.15) is 26.6 Å². The Hall–Kier alpha value is -1.72. The van der Waals surface area contributed by atoms with E-state index < -0.39 is 5.54 Å². The van der Waals surface area contributed by atoms with Crippen LogP contribution in [-0.4, -0.2) is 22.9 Å². The Morgan fingerprint density at radius 3 is 2.63 bits per heavy atom. The van der Waals surface area contributed by atoms with E-state index in [2.05, 4.69) is 10.1 Å². The summed E-state index contributed by atoms with van der Waals surface area (Å²) in [4.78, 5) is 4.35. The number of benzene rings is 1. The summed E-state index contributed by atoms with van der Waals surface area (Å²) in [5.74, 6) is 0.920. The third-order valence-corrected chi connectivity index (χ3v) is 2.67. The maximum atomic E-state index is 6.17. The van der Waals surface area contributed by atoms with E-state index in [0.717, 1.165) is 5.56 Å². The largest absolute Gasteiger partial charge is 0.376 e. The molecule has 5 nitrogen and oxygen atoms in total. The summed E-state index contributed by atoms with van der Waals surface area (Å²) in [6.45, 7) is 6.09. The average molecular weight is 261 g/mol. The van der Waals surface area contributed by atoms with Crippen molar-refractivity contribution in [3.63, 3.8) is 0 Å². The molecule has 1 unspecified atom stereocenters. The van der Waals surface area contributed by atoms with Crippen LogP contribution in [0.4, 0.5) is 0 Å². The van der Waals surface area contributed by atoms with Gasteiger partial charge >= 0.3 is 0 Å². The van der Waals surface area contributed by atoms with E-state index >= 15 is 0 Å². The quantitative estimate of drug-likeness (QED) is 0.894. The number of nitrogens with zero attached hydrogens (tertiary/aromatic N) is 2. The minimum Gasteiger partial charge on any atom is -0.376 e. The normalized spacial score (nSPS) is 14.6. The monoisotopic (exact) mass is 261 g/mol. The van der Waals surface area contributed by atoms with Crippen LogP contribution in [0.2, 0.25) is 0 Å². The molecule has 1 atom stereocenters. The maximum absolute atomic E-state index is 6.17. The van der Waals surface area contributed by atoms with Gasteiger partial charge in [0.2, 0.25) is 0 Å². The molecule has 5 heteroatoms. The lowest BCUT2D eigenvalue weighted by Gasteiger charge is -2.21. The van der Waals surface area contributed by atoms with Gasteiger partial charge in [-0.1, -0.05) is 23.4 Å². The zero-order chi connectivity index (χ0) is 13.9. The summed E-state index contributed by atoms with van der Waals surface area (Å²) >= 11 is 0. The van der Waals surface area contributed by atoms with Gasteiger partial charge in [0.15, 0.2) is 5.82 Å². The van der Waals surface area contributed by atoms with Crippen LogP contribution in [-0.2, 0) is 10.3 Å². The third kappa shape index (κ3) is 3.39. The molecule has 0 spiro atoms. The Morgan fingerprint density at radius 1 is 1.32 bits per heavy atom. The van der Waals surface area contributed by atoms with Crippen molar-refractivity contribution >= 4 is 0 Å². The molecule has 0 saturated heterocycles. The average Bonchev–Trinajstić information content (AvgIpc) is 2.88. The predicted molar refractivity (Wildman–Crippen MR) is 72.4 cm³/mol. The minimum absolute atomic E-state index is 0.114. The van der Waals surface area contributed by atoms with Crippen molar-refractivity contribution in [2.45, 2.75) is 32.4 Å². The van der Waals surface area contributed by atoms with Crippen molar-refractivity contribution in [1.29, 1.82) is 0 Å². The van der Waals surface area contributed by atoms with Crippen molar-refractivity contribution in [3.8, 4) is 11.5 Å². The first-order chi connectivity index (χ1) is 8.99. The molecule has 0 radical (unpaired) electrons. The molecular weight excluding hydrogens is 242 g/mol. The Kier molecular flexibility index (Phi) is 3.97. The Morgan fingerprint density at radius 2 is 2.00 bits per heavy atom. The van der Waals surface area contributed by atoms with E-state index in [1.165, 1.54) is 0 Å². The van der Waals surface area contributed by atoms with Crippen LogP contribution < -0.4 is 5.73 Å². The second kappa shape index (κ2) is 5.50. The summed E-state index contributed by atoms with van der Waals surface area (Å²) in [5.41, 5.74) is 6.28. The molecule has 0 saturated carbocycles. The number of ether oxygens (including phenoxy) is 1. The van der Waals surface area contributed by atoms with E-state index in [9.17, 15) is 0 Å². The molecule has 0 aliphatic carbocycles. The van der Waals surface area contributed by atoms with Gasteiger partial charge in [-0.25, -0.2) is 0 Å². The number of hydrogen-bond donors (Lipinski definition) is 1. The first-order valence-corrected chi connectivity index (χ1v) is 6.29. The number of hydrogen-bond acceptors (Lipinski definition) is 5. The van der Waals surface area contributed by atoms with Gasteiger partial charge in [-0.15, -0.1) is 0 Å². The highest BCUT2D eigenvalue weighted by atomic mass is 16.5. The lowest BCUT2D eigenvalue weighted by atomic mass is 10.1. The van der Waals surface area contributed by atoms with Gasteiger partial charge in [0.1, 0.15) is 5.54 Å². The third-order valence-electron chi connectivity index (χ3n) is 2.67. The lowest BCUT2D eigenvalue weighted by molar-refractivity contribution is 0.0410. The highest BCUT2D eigenvalue weighted by molar-refractivity contribution is 5.52. The van der Waals surface area contributed by atoms with E-state index in [4.69, 9.17) is 15.0 Å². The van der Waals surface area contributed by atoms with Gasteiger partial charge in [0, 0.05) is 5.56 Å². The van der Waals surface area contributed by atoms with E-state index in [1.54, 1.807) is 0 Å². The Labute approximate surface area is 112 Å². The first kappa shape index (κ1) is 13.7. The van der Waals surface area contributed by atoms with Gasteiger partial charge in [0.25, 0.3) is 5.89 Å². The number of nitrogens with two attached hydrogens (primary N) is 1. The molecule has 1 heterocycles. The second-order valence-electron chi connectivity index (χ2n) is 5.07. The molecule has 102 valence electrons. The van der Waals surface area contributed by atoms with Gasteiger partial charge < -0.3 is 15.0 Å². The molecule has 1 aromatic heterocycles. The fraction of sp³-hybridized carbons (Fsp3) is 0.429. The fourth-order valence-electron chi connectivity index (χ4n) is 1.56. The number of rotatable bonds is 5. The topological polar surface area (TPSA) is 74.2 Å². The van der Waals surface area contributed by atoms with E-state index in [0.29, 0.717) is 18.3 Å². The minimum atomic E-state index is -0.763. The molecule has 1 aromatic carbocycles. The first-order valence-electron chi connectivity index (χ1n) is 6.29. The molecule has 19 heavy (non-hydrogen) atoms. The van der Waals surface area contributed by atoms with Crippen molar-refractivity contribution in [2.75, 3.05) is 6.61 Å². The maximum Gasteiger partial charge on any atom is 0.257 e. The van der Waals surface area contributed by atoms with Crippen molar-refractivity contribution in [3.05, 3.63) is 36.2 Å². The molecule has 0 aliphatic heterocycles. The Bertz CT molecular complexity index is 520. The van der Waals surface area contributed by atoms with Crippen LogP contribution >= 0.6 is 0 Å². The zero-order valence-electron chi connectivity index (χ0n) is 11.5. The van der Waals surface area contributed by atoms with Gasteiger partial charge in [-0.2, -0.15) is 4.98 Å². The van der Waals surface area contributed by atoms with E-state index in [1.807, 2.05) is 51.1 Å². The molecule has 0 bridgehead atoms. The van der Waals surface area contributed by atoms with Crippen LogP contribution in [0, 0.1) is 0 Å². The highest BCUT2D eigenvalue weighted by Gasteiger charge is 2.28. The second-order valence-corrected chi connectivity index (χ2v) is 5.07. The summed E-state index contributed by atoms with van der Waals surface area (Å²) in [6, 6.07) is 9.60. The van der Waals surface area contributed by atoms with Crippen molar-refractivity contribution in [1.82, 2.24) is 10.1 Å². The molecule has 0 aliphatic rings. The van der Waals surface area contributed by atoms with Crippen molar-refractivity contribution < 1.29 is 9.26 Å². The standard InChI is InChI=1S/C14H19N3O2/c1-10(2)18-9-14(3,15)13-16-12(19-17-13)11-7-5-4-6-8-11/h4-8,10H,9,15H2,1-3H3.